The summed E-state index contributed by atoms with van der Waals surface area (Å²) < 4.78 is 0. The van der Waals surface area contributed by atoms with Gasteiger partial charge in [-0.15, -0.1) is 0 Å². The number of hydrogen-bond donors (Lipinski definition) is 2. The Bertz CT molecular complexity index is 879. The SMILES string of the molecule is C=CC(N)=O.c1ccc(-c2c[nH]c3ncc(N4CCCCC4)cc23)cc1. The van der Waals surface area contributed by atoms with Crippen molar-refractivity contribution in [3.63, 3.8) is 0 Å². The Morgan fingerprint density at radius 2 is 1.88 bits per heavy atom. The lowest BCUT2D eigenvalue weighted by atomic mass is 10.1. The van der Waals surface area contributed by atoms with Crippen molar-refractivity contribution >= 4 is 22.6 Å². The molecule has 3 N–H and O–H groups in total. The number of carbonyl (C=O) groups is 1. The van der Waals surface area contributed by atoms with E-state index >= 15 is 0 Å². The lowest BCUT2D eigenvalue weighted by Gasteiger charge is -2.28. The van der Waals surface area contributed by atoms with Crippen LogP contribution in [0.2, 0.25) is 0 Å². The molecule has 5 heteroatoms. The zero-order valence-electron chi connectivity index (χ0n) is 14.8. The van der Waals surface area contributed by atoms with Gasteiger partial charge in [0.05, 0.1) is 11.9 Å². The number of aromatic amines is 1. The number of primary amides is 1. The van der Waals surface area contributed by atoms with Gasteiger partial charge in [-0.3, -0.25) is 4.79 Å². The molecule has 0 bridgehead atoms. The van der Waals surface area contributed by atoms with E-state index in [1.54, 1.807) is 0 Å². The predicted molar refractivity (Wildman–Crippen MR) is 107 cm³/mol. The number of anilines is 1. The summed E-state index contributed by atoms with van der Waals surface area (Å²) >= 11 is 0. The Morgan fingerprint density at radius 3 is 2.54 bits per heavy atom. The van der Waals surface area contributed by atoms with Gasteiger partial charge in [-0.25, -0.2) is 4.98 Å². The van der Waals surface area contributed by atoms with Crippen LogP contribution < -0.4 is 10.6 Å². The topological polar surface area (TPSA) is 75.0 Å². The standard InChI is InChI=1S/C18H19N3.C3H5NO/c1-3-7-14(8-4-1)17-13-20-18-16(17)11-15(12-19-18)21-9-5-2-6-10-21;1-2-3(4)5/h1,3-4,7-8,11-13H,2,5-6,9-10H2,(H,19,20);2H,1H2,(H2,4,5). The van der Waals surface area contributed by atoms with Gasteiger partial charge < -0.3 is 15.6 Å². The summed E-state index contributed by atoms with van der Waals surface area (Å²) in [4.78, 5) is 19.8. The molecule has 2 aromatic heterocycles. The molecule has 0 spiro atoms. The summed E-state index contributed by atoms with van der Waals surface area (Å²) in [5.41, 5.74) is 9.22. The highest BCUT2D eigenvalue weighted by Gasteiger charge is 2.14. The van der Waals surface area contributed by atoms with Gasteiger partial charge >= 0.3 is 0 Å². The highest BCUT2D eigenvalue weighted by molar-refractivity contribution is 5.95. The molecule has 0 aliphatic carbocycles. The largest absolute Gasteiger partial charge is 0.370 e. The van der Waals surface area contributed by atoms with Crippen LogP contribution in [0.1, 0.15) is 19.3 Å². The van der Waals surface area contributed by atoms with Crippen molar-refractivity contribution in [3.05, 3.63) is 61.4 Å². The molecule has 3 aromatic rings. The fourth-order valence-corrected chi connectivity index (χ4v) is 3.17. The number of H-pyrrole nitrogens is 1. The summed E-state index contributed by atoms with van der Waals surface area (Å²) in [5.74, 6) is -0.481. The molecule has 1 saturated heterocycles. The van der Waals surface area contributed by atoms with E-state index in [4.69, 9.17) is 0 Å². The van der Waals surface area contributed by atoms with Crippen LogP contribution in [0.5, 0.6) is 0 Å². The number of pyridine rings is 1. The smallest absolute Gasteiger partial charge is 0.240 e. The first-order valence-corrected chi connectivity index (χ1v) is 8.88. The first-order valence-electron chi connectivity index (χ1n) is 8.88. The Kier molecular flexibility index (Phi) is 5.69. The first-order chi connectivity index (χ1) is 12.7. The third kappa shape index (κ3) is 4.11. The molecular weight excluding hydrogens is 324 g/mol. The van der Waals surface area contributed by atoms with E-state index in [0.717, 1.165) is 24.8 Å². The second-order valence-corrected chi connectivity index (χ2v) is 6.31. The molecule has 1 aromatic carbocycles. The van der Waals surface area contributed by atoms with E-state index in [2.05, 4.69) is 69.8 Å². The number of fused-ring (bicyclic) bond motifs is 1. The fraction of sp³-hybridized carbons (Fsp3) is 0.238. The van der Waals surface area contributed by atoms with Crippen LogP contribution in [0.25, 0.3) is 22.2 Å². The summed E-state index contributed by atoms with van der Waals surface area (Å²) in [6.07, 6.45) is 9.05. The van der Waals surface area contributed by atoms with E-state index in [-0.39, 0.29) is 0 Å². The van der Waals surface area contributed by atoms with E-state index < -0.39 is 5.91 Å². The molecule has 1 fully saturated rings. The number of aromatic nitrogens is 2. The molecule has 5 nitrogen and oxygen atoms in total. The van der Waals surface area contributed by atoms with Crippen molar-refractivity contribution in [2.45, 2.75) is 19.3 Å². The van der Waals surface area contributed by atoms with Crippen LogP contribution in [0.15, 0.2) is 61.4 Å². The molecular formula is C21H24N4O. The van der Waals surface area contributed by atoms with Gasteiger partial charge in [0.15, 0.2) is 0 Å². The maximum atomic E-state index is 9.47. The maximum absolute atomic E-state index is 9.47. The van der Waals surface area contributed by atoms with Crippen LogP contribution in [0, 0.1) is 0 Å². The van der Waals surface area contributed by atoms with E-state index in [1.165, 1.54) is 41.5 Å². The van der Waals surface area contributed by atoms with Gasteiger partial charge in [0, 0.05) is 30.2 Å². The average molecular weight is 348 g/mol. The van der Waals surface area contributed by atoms with Crippen molar-refractivity contribution in [1.82, 2.24) is 9.97 Å². The number of hydrogen-bond acceptors (Lipinski definition) is 3. The molecule has 0 unspecified atom stereocenters. The number of nitrogens with zero attached hydrogens (tertiary/aromatic N) is 2. The van der Waals surface area contributed by atoms with E-state index in [1.807, 2.05) is 6.20 Å². The summed E-state index contributed by atoms with van der Waals surface area (Å²) in [6, 6.07) is 12.8. The van der Waals surface area contributed by atoms with Gasteiger partial charge in [0.2, 0.25) is 5.91 Å². The molecule has 1 amide bonds. The summed E-state index contributed by atoms with van der Waals surface area (Å²) in [5, 5.41) is 1.21. The number of piperidine rings is 1. The molecule has 0 saturated carbocycles. The Hall–Kier alpha value is -3.08. The third-order valence-corrected chi connectivity index (χ3v) is 4.52. The van der Waals surface area contributed by atoms with Crippen LogP contribution >= 0.6 is 0 Å². The molecule has 1 aliphatic rings. The van der Waals surface area contributed by atoms with Crippen molar-refractivity contribution in [3.8, 4) is 11.1 Å². The van der Waals surface area contributed by atoms with Crippen molar-refractivity contribution < 1.29 is 4.79 Å². The van der Waals surface area contributed by atoms with Gasteiger partial charge in [0.25, 0.3) is 0 Å². The van der Waals surface area contributed by atoms with Gasteiger partial charge in [0.1, 0.15) is 5.65 Å². The number of nitrogens with one attached hydrogen (secondary N) is 1. The Morgan fingerprint density at radius 1 is 1.19 bits per heavy atom. The van der Waals surface area contributed by atoms with E-state index in [0.29, 0.717) is 0 Å². The molecule has 1 aliphatic heterocycles. The fourth-order valence-electron chi connectivity index (χ4n) is 3.17. The Balaban J connectivity index is 0.000000349. The monoisotopic (exact) mass is 348 g/mol. The second-order valence-electron chi connectivity index (χ2n) is 6.31. The lowest BCUT2D eigenvalue weighted by Crippen LogP contribution is -2.29. The predicted octanol–water partition coefficient (Wildman–Crippen LogP) is 3.88. The Labute approximate surface area is 153 Å². The van der Waals surface area contributed by atoms with E-state index in [9.17, 15) is 4.79 Å². The van der Waals surface area contributed by atoms with Crippen LogP contribution in [0.4, 0.5) is 5.69 Å². The lowest BCUT2D eigenvalue weighted by molar-refractivity contribution is -0.113. The van der Waals surface area contributed by atoms with Crippen molar-refractivity contribution in [2.24, 2.45) is 5.73 Å². The second kappa shape index (κ2) is 8.34. The van der Waals surface area contributed by atoms with Gasteiger partial charge in [-0.05, 0) is 37.0 Å². The minimum atomic E-state index is -0.481. The molecule has 26 heavy (non-hydrogen) atoms. The zero-order valence-corrected chi connectivity index (χ0v) is 14.8. The van der Waals surface area contributed by atoms with Gasteiger partial charge in [-0.1, -0.05) is 36.9 Å². The molecule has 134 valence electrons. The molecule has 4 rings (SSSR count). The zero-order chi connectivity index (χ0) is 18.4. The minimum Gasteiger partial charge on any atom is -0.370 e. The average Bonchev–Trinajstić information content (AvgIpc) is 3.13. The number of rotatable bonds is 3. The van der Waals surface area contributed by atoms with Crippen molar-refractivity contribution in [1.29, 1.82) is 0 Å². The highest BCUT2D eigenvalue weighted by atomic mass is 16.1. The normalized spacial score (nSPS) is 13.8. The number of carbonyl (C=O) groups excluding carboxylic acids is 1. The summed E-state index contributed by atoms with van der Waals surface area (Å²) in [7, 11) is 0. The van der Waals surface area contributed by atoms with Crippen LogP contribution in [-0.4, -0.2) is 29.0 Å². The number of benzene rings is 1. The number of amides is 1. The molecule has 0 atom stereocenters. The molecule has 0 radical (unpaired) electrons. The van der Waals surface area contributed by atoms with Crippen LogP contribution in [0.3, 0.4) is 0 Å². The highest BCUT2D eigenvalue weighted by Crippen LogP contribution is 2.30. The third-order valence-electron chi connectivity index (χ3n) is 4.52. The van der Waals surface area contributed by atoms with Gasteiger partial charge in [-0.2, -0.15) is 0 Å². The quantitative estimate of drug-likeness (QED) is 0.705. The minimum absolute atomic E-state index is 0.481. The number of nitrogens with two attached hydrogens (primary N) is 1. The first kappa shape index (κ1) is 17.7. The van der Waals surface area contributed by atoms with Crippen molar-refractivity contribution in [2.75, 3.05) is 18.0 Å². The molecule has 3 heterocycles. The summed E-state index contributed by atoms with van der Waals surface area (Å²) in [6.45, 7) is 5.39. The van der Waals surface area contributed by atoms with Crippen LogP contribution in [-0.2, 0) is 4.79 Å². The maximum Gasteiger partial charge on any atom is 0.240 e.